The van der Waals surface area contributed by atoms with Crippen LogP contribution in [0.2, 0.25) is 0 Å². The van der Waals surface area contributed by atoms with Gasteiger partial charge in [0.25, 0.3) is 0 Å². The molecular formula is C26H48N4O3. The summed E-state index contributed by atoms with van der Waals surface area (Å²) in [6, 6.07) is -0.410. The van der Waals surface area contributed by atoms with Crippen LogP contribution >= 0.6 is 0 Å². The Balaban J connectivity index is 1.97. The van der Waals surface area contributed by atoms with Crippen LogP contribution in [0, 0.1) is 23.7 Å². The van der Waals surface area contributed by atoms with Crippen LogP contribution < -0.4 is 10.6 Å². The molecule has 2 N–H and O–H groups in total. The number of carbonyl (C=O) groups excluding carboxylic acids is 3. The lowest BCUT2D eigenvalue weighted by atomic mass is 9.91. The Morgan fingerprint density at radius 2 is 1.64 bits per heavy atom. The standard InChI is InChI=1S/C26H48N4O3/c1-17(2)14-22-25(32)30(13-10-27-22)23(15-18(3)4)26(33)29-11-8-21(9-12-29)16-24(31)28-20(7)19(5)6/h17-23,27H,8-16H2,1-7H3,(H,28,31)/t20?,22-,23?/m0/s1. The minimum Gasteiger partial charge on any atom is -0.353 e. The van der Waals surface area contributed by atoms with Crippen LogP contribution in [0.5, 0.6) is 0 Å². The van der Waals surface area contributed by atoms with Crippen LogP contribution in [0.15, 0.2) is 0 Å². The number of rotatable bonds is 10. The summed E-state index contributed by atoms with van der Waals surface area (Å²) in [5.41, 5.74) is 0. The predicted octanol–water partition coefficient (Wildman–Crippen LogP) is 3.04. The second-order valence-corrected chi connectivity index (χ2v) is 11.4. The van der Waals surface area contributed by atoms with Crippen molar-refractivity contribution in [2.75, 3.05) is 26.2 Å². The Hall–Kier alpha value is -1.63. The van der Waals surface area contributed by atoms with E-state index in [2.05, 4.69) is 52.2 Å². The molecule has 2 aliphatic rings. The van der Waals surface area contributed by atoms with E-state index in [1.54, 1.807) is 0 Å². The molecule has 7 heteroatoms. The molecule has 0 spiro atoms. The summed E-state index contributed by atoms with van der Waals surface area (Å²) in [6.45, 7) is 17.4. The van der Waals surface area contributed by atoms with E-state index >= 15 is 0 Å². The predicted molar refractivity (Wildman–Crippen MR) is 133 cm³/mol. The third-order valence-electron chi connectivity index (χ3n) is 7.18. The van der Waals surface area contributed by atoms with Crippen LogP contribution in [0.4, 0.5) is 0 Å². The van der Waals surface area contributed by atoms with Gasteiger partial charge in [-0.2, -0.15) is 0 Å². The summed E-state index contributed by atoms with van der Waals surface area (Å²) in [4.78, 5) is 43.0. The first-order valence-corrected chi connectivity index (χ1v) is 13.1. The maximum absolute atomic E-state index is 13.6. The first-order chi connectivity index (χ1) is 15.5. The van der Waals surface area contributed by atoms with E-state index in [0.29, 0.717) is 56.1 Å². The molecule has 0 aromatic heterocycles. The van der Waals surface area contributed by atoms with Gasteiger partial charge in [0.2, 0.25) is 17.7 Å². The summed E-state index contributed by atoms with van der Waals surface area (Å²) in [5, 5.41) is 6.44. The number of likely N-dealkylation sites (tertiary alicyclic amines) is 1. The van der Waals surface area contributed by atoms with Gasteiger partial charge in [-0.05, 0) is 56.3 Å². The number of nitrogens with zero attached hydrogens (tertiary/aromatic N) is 2. The molecule has 2 unspecified atom stereocenters. The Morgan fingerprint density at radius 1 is 1.00 bits per heavy atom. The first-order valence-electron chi connectivity index (χ1n) is 13.1. The summed E-state index contributed by atoms with van der Waals surface area (Å²) in [7, 11) is 0. The highest BCUT2D eigenvalue weighted by molar-refractivity contribution is 5.90. The second kappa shape index (κ2) is 12.7. The molecule has 0 bridgehead atoms. The van der Waals surface area contributed by atoms with Crippen molar-refractivity contribution in [3.8, 4) is 0 Å². The van der Waals surface area contributed by atoms with Crippen LogP contribution in [0.1, 0.15) is 80.6 Å². The highest BCUT2D eigenvalue weighted by atomic mass is 16.2. The monoisotopic (exact) mass is 464 g/mol. The summed E-state index contributed by atoms with van der Waals surface area (Å²) >= 11 is 0. The fourth-order valence-corrected chi connectivity index (χ4v) is 4.84. The largest absolute Gasteiger partial charge is 0.353 e. The van der Waals surface area contributed by atoms with E-state index in [1.807, 2.05) is 16.7 Å². The van der Waals surface area contributed by atoms with Crippen LogP contribution in [-0.4, -0.2) is 71.8 Å². The van der Waals surface area contributed by atoms with Gasteiger partial charge in [-0.15, -0.1) is 0 Å². The van der Waals surface area contributed by atoms with E-state index in [-0.39, 0.29) is 35.8 Å². The van der Waals surface area contributed by atoms with Gasteiger partial charge in [-0.1, -0.05) is 41.5 Å². The molecule has 190 valence electrons. The zero-order valence-electron chi connectivity index (χ0n) is 22.0. The van der Waals surface area contributed by atoms with Crippen molar-refractivity contribution in [1.82, 2.24) is 20.4 Å². The van der Waals surface area contributed by atoms with Gasteiger partial charge in [0, 0.05) is 38.6 Å². The van der Waals surface area contributed by atoms with Crippen molar-refractivity contribution >= 4 is 17.7 Å². The topological polar surface area (TPSA) is 81.8 Å². The van der Waals surface area contributed by atoms with Crippen molar-refractivity contribution in [1.29, 1.82) is 0 Å². The van der Waals surface area contributed by atoms with Crippen molar-refractivity contribution in [2.45, 2.75) is 98.7 Å². The quantitative estimate of drug-likeness (QED) is 0.521. The van der Waals surface area contributed by atoms with Gasteiger partial charge >= 0.3 is 0 Å². The Labute approximate surface area is 201 Å². The lowest BCUT2D eigenvalue weighted by Gasteiger charge is -2.42. The number of nitrogens with one attached hydrogen (secondary N) is 2. The number of piperazine rings is 1. The van der Waals surface area contributed by atoms with Gasteiger partial charge in [-0.3, -0.25) is 14.4 Å². The van der Waals surface area contributed by atoms with Crippen molar-refractivity contribution < 1.29 is 14.4 Å². The maximum atomic E-state index is 13.6. The number of hydrogen-bond acceptors (Lipinski definition) is 4. The molecule has 0 radical (unpaired) electrons. The molecule has 2 fully saturated rings. The highest BCUT2D eigenvalue weighted by Crippen LogP contribution is 2.25. The van der Waals surface area contributed by atoms with E-state index in [9.17, 15) is 14.4 Å². The maximum Gasteiger partial charge on any atom is 0.245 e. The SMILES string of the molecule is CC(C)CC(C(=O)N1CCC(CC(=O)NC(C)C(C)C)CC1)N1CCN[C@@H](CC(C)C)C1=O. The van der Waals surface area contributed by atoms with Crippen molar-refractivity contribution in [2.24, 2.45) is 23.7 Å². The van der Waals surface area contributed by atoms with Gasteiger partial charge in [0.1, 0.15) is 6.04 Å². The van der Waals surface area contributed by atoms with Crippen molar-refractivity contribution in [3.63, 3.8) is 0 Å². The number of amides is 3. The van der Waals surface area contributed by atoms with Gasteiger partial charge in [0.15, 0.2) is 0 Å². The van der Waals surface area contributed by atoms with E-state index < -0.39 is 0 Å². The zero-order chi connectivity index (χ0) is 24.7. The lowest BCUT2D eigenvalue weighted by molar-refractivity contribution is -0.150. The summed E-state index contributed by atoms with van der Waals surface area (Å²) in [5.74, 6) is 1.74. The van der Waals surface area contributed by atoms with E-state index in [4.69, 9.17) is 0 Å². The van der Waals surface area contributed by atoms with Crippen LogP contribution in [-0.2, 0) is 14.4 Å². The Morgan fingerprint density at radius 3 is 2.18 bits per heavy atom. The molecule has 2 saturated heterocycles. The summed E-state index contributed by atoms with van der Waals surface area (Å²) < 4.78 is 0. The Bertz CT molecular complexity index is 656. The number of hydrogen-bond donors (Lipinski definition) is 2. The smallest absolute Gasteiger partial charge is 0.245 e. The highest BCUT2D eigenvalue weighted by Gasteiger charge is 2.39. The molecular weight excluding hydrogens is 416 g/mol. The average molecular weight is 465 g/mol. The first kappa shape index (κ1) is 27.6. The third-order valence-corrected chi connectivity index (χ3v) is 7.18. The third kappa shape index (κ3) is 8.27. The van der Waals surface area contributed by atoms with Crippen LogP contribution in [0.3, 0.4) is 0 Å². The molecule has 3 atom stereocenters. The van der Waals surface area contributed by atoms with Crippen LogP contribution in [0.25, 0.3) is 0 Å². The fraction of sp³-hybridized carbons (Fsp3) is 0.885. The molecule has 2 aliphatic heterocycles. The van der Waals surface area contributed by atoms with E-state index in [0.717, 1.165) is 25.8 Å². The molecule has 2 rings (SSSR count). The van der Waals surface area contributed by atoms with Gasteiger partial charge < -0.3 is 20.4 Å². The van der Waals surface area contributed by atoms with E-state index in [1.165, 1.54) is 0 Å². The normalized spacial score (nSPS) is 22.2. The van der Waals surface area contributed by atoms with Gasteiger partial charge in [-0.25, -0.2) is 0 Å². The molecule has 3 amide bonds. The minimum atomic E-state index is -0.388. The number of carbonyl (C=O) groups is 3. The molecule has 7 nitrogen and oxygen atoms in total. The zero-order valence-corrected chi connectivity index (χ0v) is 22.0. The Kier molecular flexibility index (Phi) is 10.6. The van der Waals surface area contributed by atoms with Gasteiger partial charge in [0.05, 0.1) is 6.04 Å². The minimum absolute atomic E-state index is 0.0692. The lowest BCUT2D eigenvalue weighted by Crippen LogP contribution is -2.62. The molecule has 0 aliphatic carbocycles. The number of piperidine rings is 1. The molecule has 0 saturated carbocycles. The molecule has 33 heavy (non-hydrogen) atoms. The second-order valence-electron chi connectivity index (χ2n) is 11.4. The van der Waals surface area contributed by atoms with Crippen molar-refractivity contribution in [3.05, 3.63) is 0 Å². The molecule has 0 aromatic carbocycles. The summed E-state index contributed by atoms with van der Waals surface area (Å²) in [6.07, 6.45) is 3.70. The fourth-order valence-electron chi connectivity index (χ4n) is 4.84. The molecule has 0 aromatic rings. The molecule has 2 heterocycles. The average Bonchev–Trinajstić information content (AvgIpc) is 2.73.